The molecule has 0 saturated heterocycles. The van der Waals surface area contributed by atoms with Crippen LogP contribution in [0.4, 0.5) is 0 Å². The summed E-state index contributed by atoms with van der Waals surface area (Å²) in [5.41, 5.74) is 0. The Kier molecular flexibility index (Phi) is 10.1. The molecule has 1 aliphatic carbocycles. The number of hydrogen-bond acceptors (Lipinski definition) is 0. The Bertz CT molecular complexity index is 64.1. The molecule has 0 nitrogen and oxygen atoms in total. The average Bonchev–Trinajstić information content (AvgIpc) is 1.76. The standard InChI is InChI=1S/C5H6.2Li/c1-2-4-5-3-1;;/h1-4H,5H2;;. The summed E-state index contributed by atoms with van der Waals surface area (Å²) in [6.07, 6.45) is 9.50. The van der Waals surface area contributed by atoms with Crippen molar-refractivity contribution >= 4 is 37.7 Å². The van der Waals surface area contributed by atoms with Crippen molar-refractivity contribution in [1.82, 2.24) is 0 Å². The minimum absolute atomic E-state index is 0. The van der Waals surface area contributed by atoms with Crippen LogP contribution in [0.25, 0.3) is 0 Å². The molecule has 0 fully saturated rings. The molecule has 0 aromatic rings. The minimum atomic E-state index is 0. The molecule has 1 aliphatic rings. The molecule has 0 unspecified atom stereocenters. The predicted octanol–water partition coefficient (Wildman–Crippen LogP) is 0.741. The van der Waals surface area contributed by atoms with Crippen molar-refractivity contribution in [2.75, 3.05) is 0 Å². The van der Waals surface area contributed by atoms with Gasteiger partial charge in [0, 0.05) is 37.7 Å². The summed E-state index contributed by atoms with van der Waals surface area (Å²) in [6, 6.07) is 0. The minimum Gasteiger partial charge on any atom is -0.0808 e. The first-order chi connectivity index (χ1) is 2.50. The van der Waals surface area contributed by atoms with Gasteiger partial charge in [0.2, 0.25) is 0 Å². The third-order valence-corrected chi connectivity index (χ3v) is 0.655. The second kappa shape index (κ2) is 6.67. The first-order valence-electron chi connectivity index (χ1n) is 1.82. The zero-order valence-electron chi connectivity index (χ0n) is 5.02. The van der Waals surface area contributed by atoms with Crippen molar-refractivity contribution in [3.63, 3.8) is 0 Å². The molecule has 0 N–H and O–H groups in total. The summed E-state index contributed by atoms with van der Waals surface area (Å²) in [5, 5.41) is 0. The Labute approximate surface area is 68.4 Å². The van der Waals surface area contributed by atoms with E-state index >= 15 is 0 Å². The molecule has 0 heterocycles. The summed E-state index contributed by atoms with van der Waals surface area (Å²) in [6.45, 7) is 0. The average molecular weight is 80.0 g/mol. The SMILES string of the molecule is C1=CCC=C1.[Li].[Li]. The summed E-state index contributed by atoms with van der Waals surface area (Å²) < 4.78 is 0. The van der Waals surface area contributed by atoms with E-state index in [4.69, 9.17) is 0 Å². The smallest absolute Gasteiger partial charge is 0 e. The first kappa shape index (κ1) is 10.6. The van der Waals surface area contributed by atoms with Gasteiger partial charge in [0.25, 0.3) is 0 Å². The summed E-state index contributed by atoms with van der Waals surface area (Å²) in [5.74, 6) is 0. The van der Waals surface area contributed by atoms with E-state index in [0.29, 0.717) is 0 Å². The molecule has 0 aromatic heterocycles. The molecule has 0 amide bonds. The van der Waals surface area contributed by atoms with Crippen LogP contribution < -0.4 is 0 Å². The van der Waals surface area contributed by atoms with Gasteiger partial charge >= 0.3 is 0 Å². The topological polar surface area (TPSA) is 0 Å². The second-order valence-corrected chi connectivity index (χ2v) is 1.09. The van der Waals surface area contributed by atoms with Gasteiger partial charge in [-0.1, -0.05) is 24.3 Å². The predicted molar refractivity (Wildman–Crippen MR) is 34.4 cm³/mol. The van der Waals surface area contributed by atoms with Crippen molar-refractivity contribution in [2.45, 2.75) is 6.42 Å². The number of rotatable bonds is 0. The van der Waals surface area contributed by atoms with Crippen molar-refractivity contribution in [2.24, 2.45) is 0 Å². The van der Waals surface area contributed by atoms with Crippen LogP contribution in [0.1, 0.15) is 6.42 Å². The summed E-state index contributed by atoms with van der Waals surface area (Å²) in [7, 11) is 0. The van der Waals surface area contributed by atoms with Crippen LogP contribution in [0.2, 0.25) is 0 Å². The second-order valence-electron chi connectivity index (χ2n) is 1.09. The van der Waals surface area contributed by atoms with E-state index in [1.165, 1.54) is 0 Å². The fourth-order valence-corrected chi connectivity index (χ4v) is 0.393. The fourth-order valence-electron chi connectivity index (χ4n) is 0.393. The number of hydrogen-bond donors (Lipinski definition) is 0. The Morgan fingerprint density at radius 1 is 0.857 bits per heavy atom. The molecule has 0 aromatic carbocycles. The van der Waals surface area contributed by atoms with Gasteiger partial charge in [-0.3, -0.25) is 0 Å². The van der Waals surface area contributed by atoms with Crippen molar-refractivity contribution in [1.29, 1.82) is 0 Å². The maximum absolute atomic E-state index is 2.12. The van der Waals surface area contributed by atoms with Crippen molar-refractivity contribution in [3.05, 3.63) is 24.3 Å². The Balaban J connectivity index is 0. The molecule has 0 aliphatic heterocycles. The van der Waals surface area contributed by atoms with Gasteiger partial charge in [-0.05, 0) is 6.42 Å². The van der Waals surface area contributed by atoms with Gasteiger partial charge in [0.15, 0.2) is 0 Å². The van der Waals surface area contributed by atoms with Gasteiger partial charge in [-0.2, -0.15) is 0 Å². The fraction of sp³-hybridized carbons (Fsp3) is 0.200. The van der Waals surface area contributed by atoms with Gasteiger partial charge in [-0.15, -0.1) is 0 Å². The van der Waals surface area contributed by atoms with E-state index in [1.54, 1.807) is 0 Å². The molecule has 2 heteroatoms. The molecule has 28 valence electrons. The van der Waals surface area contributed by atoms with Gasteiger partial charge < -0.3 is 0 Å². The van der Waals surface area contributed by atoms with Crippen LogP contribution in [0.15, 0.2) is 24.3 Å². The van der Waals surface area contributed by atoms with E-state index in [9.17, 15) is 0 Å². The third kappa shape index (κ3) is 4.53. The number of allylic oxidation sites excluding steroid dienone is 4. The normalized spacial score (nSPS) is 12.6. The van der Waals surface area contributed by atoms with Gasteiger partial charge in [0.05, 0.1) is 0 Å². The van der Waals surface area contributed by atoms with Crippen LogP contribution in [0, 0.1) is 0 Å². The first-order valence-corrected chi connectivity index (χ1v) is 1.82. The van der Waals surface area contributed by atoms with E-state index < -0.39 is 0 Å². The molecule has 0 saturated carbocycles. The molecule has 7 heavy (non-hydrogen) atoms. The third-order valence-electron chi connectivity index (χ3n) is 0.655. The molecular formula is C5H6Li2. The van der Waals surface area contributed by atoms with Gasteiger partial charge in [0.1, 0.15) is 0 Å². The molecule has 1 rings (SSSR count). The molecule has 0 spiro atoms. The molecule has 0 bridgehead atoms. The van der Waals surface area contributed by atoms with E-state index in [0.717, 1.165) is 6.42 Å². The molecule has 2 radical (unpaired) electrons. The van der Waals surface area contributed by atoms with E-state index in [-0.39, 0.29) is 37.7 Å². The van der Waals surface area contributed by atoms with E-state index in [2.05, 4.69) is 24.3 Å². The monoisotopic (exact) mass is 80.1 g/mol. The van der Waals surface area contributed by atoms with Crippen LogP contribution in [-0.4, -0.2) is 37.7 Å². The quantitative estimate of drug-likeness (QED) is 0.376. The van der Waals surface area contributed by atoms with Crippen LogP contribution in [-0.2, 0) is 0 Å². The Morgan fingerprint density at radius 3 is 1.43 bits per heavy atom. The summed E-state index contributed by atoms with van der Waals surface area (Å²) in [4.78, 5) is 0. The van der Waals surface area contributed by atoms with E-state index in [1.807, 2.05) is 0 Å². The largest absolute Gasteiger partial charge is 0.0808 e. The zero-order valence-corrected chi connectivity index (χ0v) is 5.02. The van der Waals surface area contributed by atoms with Gasteiger partial charge in [-0.25, -0.2) is 0 Å². The van der Waals surface area contributed by atoms with Crippen molar-refractivity contribution < 1.29 is 0 Å². The Hall–Kier alpha value is 0.675. The van der Waals surface area contributed by atoms with Crippen LogP contribution in [0.5, 0.6) is 0 Å². The maximum atomic E-state index is 2.12. The maximum Gasteiger partial charge on any atom is 0 e. The molecular weight excluding hydrogens is 73.9 g/mol. The summed E-state index contributed by atoms with van der Waals surface area (Å²) >= 11 is 0. The molecule has 0 atom stereocenters. The zero-order chi connectivity index (χ0) is 3.54. The van der Waals surface area contributed by atoms with Crippen molar-refractivity contribution in [3.8, 4) is 0 Å². The van der Waals surface area contributed by atoms with Crippen LogP contribution in [0.3, 0.4) is 0 Å². The Morgan fingerprint density at radius 2 is 1.29 bits per heavy atom. The van der Waals surface area contributed by atoms with Crippen LogP contribution >= 0.6 is 0 Å².